The van der Waals surface area contributed by atoms with E-state index in [0.29, 0.717) is 5.54 Å². The Morgan fingerprint density at radius 3 is 2.52 bits per heavy atom. The summed E-state index contributed by atoms with van der Waals surface area (Å²) in [5.41, 5.74) is 3.29. The molecule has 1 aliphatic heterocycles. The van der Waals surface area contributed by atoms with Crippen molar-refractivity contribution in [3.63, 3.8) is 0 Å². The van der Waals surface area contributed by atoms with Gasteiger partial charge in [0.05, 0.1) is 0 Å². The average Bonchev–Trinajstić information content (AvgIpc) is 3.23. The van der Waals surface area contributed by atoms with Gasteiger partial charge in [-0.25, -0.2) is 0 Å². The van der Waals surface area contributed by atoms with Gasteiger partial charge in [-0.2, -0.15) is 0 Å². The average molecular weight is 284 g/mol. The second-order valence-corrected chi connectivity index (χ2v) is 7.66. The second kappa shape index (κ2) is 5.40. The lowest BCUT2D eigenvalue weighted by Crippen LogP contribution is -2.63. The lowest BCUT2D eigenvalue weighted by atomic mass is 9.90. The number of aryl methyl sites for hydroxylation is 1. The first-order chi connectivity index (χ1) is 10.2. The quantitative estimate of drug-likeness (QED) is 0.914. The summed E-state index contributed by atoms with van der Waals surface area (Å²) in [5.74, 6) is 0.960. The molecule has 0 radical (unpaired) electrons. The van der Waals surface area contributed by atoms with Gasteiger partial charge in [0, 0.05) is 31.2 Å². The first-order valence-electron chi connectivity index (χ1n) is 8.79. The summed E-state index contributed by atoms with van der Waals surface area (Å²) in [6.45, 7) is 5.80. The molecular formula is C19H28N2. The number of rotatable bonds is 3. The van der Waals surface area contributed by atoms with Gasteiger partial charge in [0.25, 0.3) is 0 Å². The molecule has 2 aliphatic carbocycles. The van der Waals surface area contributed by atoms with Gasteiger partial charge in [-0.3, -0.25) is 4.90 Å². The van der Waals surface area contributed by atoms with Crippen molar-refractivity contribution in [2.24, 2.45) is 5.92 Å². The number of hydrogen-bond acceptors (Lipinski definition) is 2. The van der Waals surface area contributed by atoms with E-state index in [1.165, 1.54) is 62.7 Å². The zero-order chi connectivity index (χ0) is 14.3. The van der Waals surface area contributed by atoms with Crippen molar-refractivity contribution in [2.45, 2.75) is 63.6 Å². The van der Waals surface area contributed by atoms with Crippen LogP contribution < -0.4 is 5.32 Å². The van der Waals surface area contributed by atoms with Crippen molar-refractivity contribution >= 4 is 0 Å². The van der Waals surface area contributed by atoms with Crippen LogP contribution in [0.3, 0.4) is 0 Å². The molecule has 1 saturated heterocycles. The summed E-state index contributed by atoms with van der Waals surface area (Å²) < 4.78 is 0. The third-order valence-electron chi connectivity index (χ3n) is 5.89. The number of hydrogen-bond donors (Lipinski definition) is 1. The van der Waals surface area contributed by atoms with Crippen molar-refractivity contribution in [3.8, 4) is 0 Å². The van der Waals surface area contributed by atoms with Gasteiger partial charge in [-0.1, -0.05) is 42.7 Å². The first-order valence-corrected chi connectivity index (χ1v) is 8.79. The highest BCUT2D eigenvalue weighted by Gasteiger charge is 2.45. The van der Waals surface area contributed by atoms with E-state index >= 15 is 0 Å². The van der Waals surface area contributed by atoms with Crippen LogP contribution in [0.1, 0.15) is 49.7 Å². The molecule has 1 N–H and O–H groups in total. The molecule has 2 nitrogen and oxygen atoms in total. The number of nitrogens with one attached hydrogen (secondary N) is 1. The molecular weight excluding hydrogens is 256 g/mol. The lowest BCUT2D eigenvalue weighted by Gasteiger charge is -2.47. The van der Waals surface area contributed by atoms with Crippen LogP contribution in [0.5, 0.6) is 0 Å². The van der Waals surface area contributed by atoms with Crippen LogP contribution >= 0.6 is 0 Å². The van der Waals surface area contributed by atoms with Crippen LogP contribution in [0.2, 0.25) is 0 Å². The van der Waals surface area contributed by atoms with Crippen LogP contribution in [0.15, 0.2) is 24.3 Å². The minimum absolute atomic E-state index is 0.441. The Morgan fingerprint density at radius 1 is 1.14 bits per heavy atom. The summed E-state index contributed by atoms with van der Waals surface area (Å²) in [5, 5.41) is 3.95. The highest BCUT2D eigenvalue weighted by atomic mass is 15.3. The van der Waals surface area contributed by atoms with Gasteiger partial charge in [-0.15, -0.1) is 0 Å². The fourth-order valence-electron chi connectivity index (χ4n) is 4.45. The molecule has 3 aliphatic rings. The number of benzene rings is 1. The fraction of sp³-hybridized carbons (Fsp3) is 0.684. The molecule has 21 heavy (non-hydrogen) atoms. The van der Waals surface area contributed by atoms with Crippen LogP contribution in [0, 0.1) is 12.8 Å². The molecule has 1 aromatic rings. The van der Waals surface area contributed by atoms with Gasteiger partial charge in [-0.05, 0) is 44.1 Å². The van der Waals surface area contributed by atoms with E-state index in [1.807, 2.05) is 0 Å². The third kappa shape index (κ3) is 2.89. The van der Waals surface area contributed by atoms with E-state index in [4.69, 9.17) is 0 Å². The Hall–Kier alpha value is -0.860. The predicted octanol–water partition coefficient (Wildman–Crippen LogP) is 3.49. The molecule has 3 fully saturated rings. The van der Waals surface area contributed by atoms with Gasteiger partial charge >= 0.3 is 0 Å². The first kappa shape index (κ1) is 13.8. The Kier molecular flexibility index (Phi) is 3.55. The molecule has 4 rings (SSSR count). The maximum atomic E-state index is 3.95. The van der Waals surface area contributed by atoms with E-state index < -0.39 is 0 Å². The van der Waals surface area contributed by atoms with Crippen molar-refractivity contribution in [1.82, 2.24) is 10.2 Å². The van der Waals surface area contributed by atoms with E-state index in [2.05, 4.69) is 41.4 Å². The predicted molar refractivity (Wildman–Crippen MR) is 87.3 cm³/mol. The summed E-state index contributed by atoms with van der Waals surface area (Å²) in [7, 11) is 0. The summed E-state index contributed by atoms with van der Waals surface area (Å²) >= 11 is 0. The minimum atomic E-state index is 0.441. The maximum Gasteiger partial charge on any atom is 0.0309 e. The van der Waals surface area contributed by atoms with Crippen molar-refractivity contribution in [2.75, 3.05) is 13.1 Å². The summed E-state index contributed by atoms with van der Waals surface area (Å²) in [6.07, 6.45) is 8.50. The Labute approximate surface area is 128 Å². The molecule has 1 spiro atoms. The van der Waals surface area contributed by atoms with Gasteiger partial charge in [0.2, 0.25) is 0 Å². The van der Waals surface area contributed by atoms with Crippen LogP contribution in [-0.2, 0) is 6.54 Å². The molecule has 1 unspecified atom stereocenters. The normalized spacial score (nSPS) is 29.1. The largest absolute Gasteiger partial charge is 0.308 e. The standard InChI is InChI=1S/C19H28N2/c1-15-4-6-16(7-5-15)13-21-14-19(10-2-3-11-19)20-12-18(21)17-8-9-17/h4-7,17-18,20H,2-3,8-14H2,1H3. The molecule has 0 bridgehead atoms. The number of nitrogens with zero attached hydrogens (tertiary/aromatic N) is 1. The van der Waals surface area contributed by atoms with E-state index in [9.17, 15) is 0 Å². The zero-order valence-corrected chi connectivity index (χ0v) is 13.3. The summed E-state index contributed by atoms with van der Waals surface area (Å²) in [4.78, 5) is 2.81. The van der Waals surface area contributed by atoms with Gasteiger partial charge in [0.15, 0.2) is 0 Å². The van der Waals surface area contributed by atoms with E-state index in [-0.39, 0.29) is 0 Å². The van der Waals surface area contributed by atoms with Crippen molar-refractivity contribution in [3.05, 3.63) is 35.4 Å². The zero-order valence-electron chi connectivity index (χ0n) is 13.3. The topological polar surface area (TPSA) is 15.3 Å². The maximum absolute atomic E-state index is 3.95. The Bertz CT molecular complexity index is 483. The van der Waals surface area contributed by atoms with Gasteiger partial charge < -0.3 is 5.32 Å². The molecule has 1 heterocycles. The molecule has 0 aromatic heterocycles. The smallest absolute Gasteiger partial charge is 0.0309 e. The highest BCUT2D eigenvalue weighted by molar-refractivity contribution is 5.21. The molecule has 0 amide bonds. The van der Waals surface area contributed by atoms with E-state index in [0.717, 1.165) is 18.5 Å². The molecule has 1 aromatic carbocycles. The lowest BCUT2D eigenvalue weighted by molar-refractivity contribution is 0.0627. The molecule has 2 heteroatoms. The third-order valence-corrected chi connectivity index (χ3v) is 5.89. The Morgan fingerprint density at radius 2 is 1.86 bits per heavy atom. The fourth-order valence-corrected chi connectivity index (χ4v) is 4.45. The second-order valence-electron chi connectivity index (χ2n) is 7.66. The molecule has 114 valence electrons. The monoisotopic (exact) mass is 284 g/mol. The van der Waals surface area contributed by atoms with Crippen LogP contribution in [0.25, 0.3) is 0 Å². The van der Waals surface area contributed by atoms with Gasteiger partial charge in [0.1, 0.15) is 0 Å². The number of piperazine rings is 1. The summed E-state index contributed by atoms with van der Waals surface area (Å²) in [6, 6.07) is 9.94. The highest BCUT2D eigenvalue weighted by Crippen LogP contribution is 2.41. The van der Waals surface area contributed by atoms with E-state index in [1.54, 1.807) is 0 Å². The van der Waals surface area contributed by atoms with Crippen LogP contribution in [-0.4, -0.2) is 29.6 Å². The minimum Gasteiger partial charge on any atom is -0.308 e. The van der Waals surface area contributed by atoms with Crippen molar-refractivity contribution < 1.29 is 0 Å². The van der Waals surface area contributed by atoms with Crippen LogP contribution in [0.4, 0.5) is 0 Å². The van der Waals surface area contributed by atoms with Crippen molar-refractivity contribution in [1.29, 1.82) is 0 Å². The molecule has 2 saturated carbocycles. The molecule has 1 atom stereocenters. The SMILES string of the molecule is Cc1ccc(CN2CC3(CCCC3)NCC2C2CC2)cc1. The Balaban J connectivity index is 1.51.